The van der Waals surface area contributed by atoms with Crippen LogP contribution in [-0.2, 0) is 19.8 Å². The summed E-state index contributed by atoms with van der Waals surface area (Å²) in [5, 5.41) is 0. The van der Waals surface area contributed by atoms with Crippen LogP contribution in [0.3, 0.4) is 0 Å². The van der Waals surface area contributed by atoms with Crippen LogP contribution in [0.2, 0.25) is 0 Å². The van der Waals surface area contributed by atoms with Gasteiger partial charge in [-0.3, -0.25) is 13.5 Å². The van der Waals surface area contributed by atoms with E-state index in [0.29, 0.717) is 6.26 Å². The van der Waals surface area contributed by atoms with Gasteiger partial charge in [0.05, 0.1) is 6.26 Å². The summed E-state index contributed by atoms with van der Waals surface area (Å²) in [6, 6.07) is 0. The van der Waals surface area contributed by atoms with Crippen LogP contribution in [0.15, 0.2) is 0 Å². The SMILES string of the molecule is CS(=O)(=O)O.CS(C)(=N)=O. The first-order chi connectivity index (χ1) is 4.00. The number of rotatable bonds is 0. The van der Waals surface area contributed by atoms with E-state index < -0.39 is 19.8 Å². The van der Waals surface area contributed by atoms with Gasteiger partial charge in [0.15, 0.2) is 0 Å². The van der Waals surface area contributed by atoms with Crippen LogP contribution in [-0.4, -0.2) is 35.9 Å². The molecule has 0 rings (SSSR count). The Morgan fingerprint density at radius 2 is 1.10 bits per heavy atom. The topological polar surface area (TPSA) is 95.3 Å². The molecule has 0 aromatic rings. The minimum atomic E-state index is -3.67. The molecule has 64 valence electrons. The minimum Gasteiger partial charge on any atom is -0.286 e. The Bertz CT molecular complexity index is 215. The fourth-order valence-electron chi connectivity index (χ4n) is 0. The molecular weight excluding hydrogens is 178 g/mol. The quantitative estimate of drug-likeness (QED) is 0.516. The molecule has 0 radical (unpaired) electrons. The normalized spacial score (nSPS) is 11.6. The van der Waals surface area contributed by atoms with Crippen LogP contribution in [0.4, 0.5) is 0 Å². The van der Waals surface area contributed by atoms with Crippen molar-refractivity contribution in [1.82, 2.24) is 0 Å². The lowest BCUT2D eigenvalue weighted by Gasteiger charge is -1.75. The van der Waals surface area contributed by atoms with Gasteiger partial charge in [-0.2, -0.15) is 8.42 Å². The number of hydrogen-bond donors (Lipinski definition) is 2. The van der Waals surface area contributed by atoms with Crippen molar-refractivity contribution < 1.29 is 17.2 Å². The van der Waals surface area contributed by atoms with Crippen molar-refractivity contribution in [2.75, 3.05) is 18.8 Å². The Labute approximate surface area is 61.2 Å². The number of hydrogen-bond acceptors (Lipinski definition) is 4. The molecule has 0 amide bonds. The highest BCUT2D eigenvalue weighted by atomic mass is 32.2. The highest BCUT2D eigenvalue weighted by Gasteiger charge is 1.81. The Kier molecular flexibility index (Phi) is 4.88. The van der Waals surface area contributed by atoms with E-state index in [9.17, 15) is 12.6 Å². The molecule has 0 aliphatic carbocycles. The van der Waals surface area contributed by atoms with Gasteiger partial charge in [0.2, 0.25) is 0 Å². The van der Waals surface area contributed by atoms with Crippen LogP contribution in [0.1, 0.15) is 0 Å². The van der Waals surface area contributed by atoms with Gasteiger partial charge in [-0.05, 0) is 0 Å². The molecule has 0 bridgehead atoms. The molecular formula is C3H11NO4S2. The van der Waals surface area contributed by atoms with Crippen molar-refractivity contribution in [3.05, 3.63) is 0 Å². The molecule has 10 heavy (non-hydrogen) atoms. The van der Waals surface area contributed by atoms with Crippen molar-refractivity contribution in [2.45, 2.75) is 0 Å². The summed E-state index contributed by atoms with van der Waals surface area (Å²) in [5.41, 5.74) is 0. The fraction of sp³-hybridized carbons (Fsp3) is 1.00. The summed E-state index contributed by atoms with van der Waals surface area (Å²) >= 11 is 0. The maximum atomic E-state index is 9.85. The van der Waals surface area contributed by atoms with Crippen molar-refractivity contribution in [3.63, 3.8) is 0 Å². The van der Waals surface area contributed by atoms with Crippen LogP contribution in [0, 0.1) is 4.78 Å². The minimum absolute atomic E-state index is 0.715. The van der Waals surface area contributed by atoms with Gasteiger partial charge in [0, 0.05) is 22.2 Å². The molecule has 7 heteroatoms. The lowest BCUT2D eigenvalue weighted by atomic mass is 11.9. The zero-order valence-electron chi connectivity index (χ0n) is 5.99. The van der Waals surface area contributed by atoms with Crippen molar-refractivity contribution in [1.29, 1.82) is 4.78 Å². The predicted octanol–water partition coefficient (Wildman–Crippen LogP) is -0.203. The Hall–Kier alpha value is -0.140. The first-order valence-corrected chi connectivity index (χ1v) is 6.33. The van der Waals surface area contributed by atoms with Gasteiger partial charge in [-0.25, -0.2) is 0 Å². The fourth-order valence-corrected chi connectivity index (χ4v) is 0. The zero-order valence-corrected chi connectivity index (χ0v) is 7.62. The molecule has 0 saturated heterocycles. The average Bonchev–Trinajstić information content (AvgIpc) is 1.12. The lowest BCUT2D eigenvalue weighted by Crippen LogP contribution is -1.88. The second kappa shape index (κ2) is 3.89. The van der Waals surface area contributed by atoms with E-state index in [1.807, 2.05) is 0 Å². The van der Waals surface area contributed by atoms with Crippen LogP contribution in [0.25, 0.3) is 0 Å². The molecule has 0 saturated carbocycles. The largest absolute Gasteiger partial charge is 0.286 e. The molecule has 0 unspecified atom stereocenters. The highest BCUT2D eigenvalue weighted by molar-refractivity contribution is 7.91. The third kappa shape index (κ3) is 18900. The summed E-state index contributed by atoms with van der Waals surface area (Å²) in [5.74, 6) is 0. The molecule has 0 aromatic heterocycles. The second-order valence-electron chi connectivity index (χ2n) is 1.97. The van der Waals surface area contributed by atoms with Gasteiger partial charge in [0.1, 0.15) is 0 Å². The van der Waals surface area contributed by atoms with Gasteiger partial charge >= 0.3 is 0 Å². The van der Waals surface area contributed by atoms with Gasteiger partial charge in [0.25, 0.3) is 10.1 Å². The summed E-state index contributed by atoms with van der Waals surface area (Å²) in [7, 11) is -5.83. The van der Waals surface area contributed by atoms with E-state index in [1.165, 1.54) is 12.5 Å². The van der Waals surface area contributed by atoms with E-state index in [-0.39, 0.29) is 0 Å². The summed E-state index contributed by atoms with van der Waals surface area (Å²) in [6.07, 6.45) is 3.48. The molecule has 2 N–H and O–H groups in total. The smallest absolute Gasteiger partial charge is 0.261 e. The first-order valence-electron chi connectivity index (χ1n) is 2.11. The van der Waals surface area contributed by atoms with E-state index in [2.05, 4.69) is 0 Å². The molecule has 0 fully saturated rings. The number of nitrogens with one attached hydrogen (secondary N) is 1. The maximum Gasteiger partial charge on any atom is 0.261 e. The third-order valence-corrected chi connectivity index (χ3v) is 0. The summed E-state index contributed by atoms with van der Waals surface area (Å²) < 4.78 is 42.2. The van der Waals surface area contributed by atoms with Gasteiger partial charge in [-0.1, -0.05) is 0 Å². The Balaban J connectivity index is 0. The molecule has 0 aliphatic rings. The molecule has 0 atom stereocenters. The molecule has 5 nitrogen and oxygen atoms in total. The maximum absolute atomic E-state index is 9.85. The standard InChI is InChI=1S/C2H7NOS.CH4O3S/c2*1-5(2,3)4/h3H,1-2H3;1H3,(H,2,3,4). The van der Waals surface area contributed by atoms with E-state index >= 15 is 0 Å². The molecule has 0 spiro atoms. The van der Waals surface area contributed by atoms with E-state index in [4.69, 9.17) is 9.33 Å². The highest BCUT2D eigenvalue weighted by Crippen LogP contribution is 1.65. The summed E-state index contributed by atoms with van der Waals surface area (Å²) in [4.78, 5) is 0. The predicted molar refractivity (Wildman–Crippen MR) is 40.2 cm³/mol. The molecule has 0 aliphatic heterocycles. The van der Waals surface area contributed by atoms with E-state index in [1.54, 1.807) is 0 Å². The van der Waals surface area contributed by atoms with Crippen molar-refractivity contribution in [2.24, 2.45) is 0 Å². The van der Waals surface area contributed by atoms with Crippen molar-refractivity contribution >= 4 is 19.8 Å². The van der Waals surface area contributed by atoms with E-state index in [0.717, 1.165) is 0 Å². The van der Waals surface area contributed by atoms with Crippen LogP contribution in [0.5, 0.6) is 0 Å². The average molecular weight is 189 g/mol. The Morgan fingerprint density at radius 1 is 1.10 bits per heavy atom. The summed E-state index contributed by atoms with van der Waals surface area (Å²) in [6.45, 7) is 0. The van der Waals surface area contributed by atoms with Gasteiger partial charge < -0.3 is 0 Å². The second-order valence-corrected chi connectivity index (χ2v) is 5.90. The Morgan fingerprint density at radius 3 is 1.10 bits per heavy atom. The third-order valence-electron chi connectivity index (χ3n) is 0. The van der Waals surface area contributed by atoms with Crippen molar-refractivity contribution in [3.8, 4) is 0 Å². The zero-order chi connectivity index (χ0) is 9.00. The lowest BCUT2D eigenvalue weighted by molar-refractivity contribution is 0.490. The molecule has 0 aromatic carbocycles. The van der Waals surface area contributed by atoms with Crippen LogP contribution >= 0.6 is 0 Å². The molecule has 0 heterocycles. The van der Waals surface area contributed by atoms with Crippen LogP contribution < -0.4 is 0 Å². The monoisotopic (exact) mass is 189 g/mol. The first kappa shape index (κ1) is 12.5. The van der Waals surface area contributed by atoms with Gasteiger partial charge in [-0.15, -0.1) is 0 Å².